The van der Waals surface area contributed by atoms with Crippen molar-refractivity contribution in [3.8, 4) is 6.07 Å². The van der Waals surface area contributed by atoms with Crippen molar-refractivity contribution < 1.29 is 12.6 Å². The molecule has 0 aromatic carbocycles. The summed E-state index contributed by atoms with van der Waals surface area (Å²) in [6.45, 7) is 3.17. The number of nitriles is 1. The van der Waals surface area contributed by atoms with Gasteiger partial charge in [-0.05, 0) is 6.08 Å². The molecule has 0 aliphatic heterocycles. The van der Waals surface area contributed by atoms with Gasteiger partial charge in [-0.1, -0.05) is 6.58 Å². The molecule has 50 valence electrons. The molecule has 4 nitrogen and oxygen atoms in total. The van der Waals surface area contributed by atoms with E-state index in [9.17, 15) is 8.42 Å². The largest absolute Gasteiger partial charge is 0.258 e. The fourth-order valence-electron chi connectivity index (χ4n) is 0.212. The maximum Gasteiger partial charge on any atom is 0.258 e. The Morgan fingerprint density at radius 1 is 1.78 bits per heavy atom. The molecule has 5 heteroatoms. The molecule has 1 unspecified atom stereocenters. The molecule has 0 spiro atoms. The number of nitrogens with zero attached hydrogens (tertiary/aromatic N) is 1. The van der Waals surface area contributed by atoms with Crippen LogP contribution in [-0.2, 0) is 15.2 Å². The monoisotopic (exact) mass is 147 g/mol. The van der Waals surface area contributed by atoms with E-state index in [1.807, 2.05) is 0 Å². The van der Waals surface area contributed by atoms with Crippen LogP contribution in [-0.4, -0.2) is 14.5 Å². The normalized spacial score (nSPS) is 12.4. The molecule has 1 atom stereocenters. The van der Waals surface area contributed by atoms with E-state index in [0.29, 0.717) is 0 Å². The number of hydrogen-bond donors (Lipinski definition) is 1. The van der Waals surface area contributed by atoms with E-state index in [4.69, 9.17) is 5.26 Å². The summed E-state index contributed by atoms with van der Waals surface area (Å²) >= 11 is 0. The number of hydrogen-bond acceptors (Lipinski definition) is 4. The first-order valence-corrected chi connectivity index (χ1v) is 3.13. The lowest BCUT2D eigenvalue weighted by atomic mass is 10.4. The Morgan fingerprint density at radius 3 is 2.44 bits per heavy atom. The van der Waals surface area contributed by atoms with Gasteiger partial charge in [0.1, 0.15) is 6.07 Å². The summed E-state index contributed by atoms with van der Waals surface area (Å²) in [6.07, 6.45) is 0.0524. The highest BCUT2D eigenvalue weighted by molar-refractivity contribution is 7.67. The zero-order valence-corrected chi connectivity index (χ0v) is 5.38. The summed E-state index contributed by atoms with van der Waals surface area (Å²) < 4.78 is 23.5. The molecule has 0 N–H and O–H groups in total. The molecule has 9 heavy (non-hydrogen) atoms. The van der Waals surface area contributed by atoms with Crippen LogP contribution in [0.4, 0.5) is 0 Å². The van der Waals surface area contributed by atoms with Gasteiger partial charge in [-0.3, -0.25) is 0 Å². The van der Waals surface area contributed by atoms with Crippen molar-refractivity contribution in [2.45, 2.75) is 6.10 Å². The Labute approximate surface area is 54.5 Å². The van der Waals surface area contributed by atoms with Crippen molar-refractivity contribution in [3.63, 3.8) is 0 Å². The quantitative estimate of drug-likeness (QED) is 0.436. The zero-order valence-electron chi connectivity index (χ0n) is 4.48. The number of thiol groups is 1. The van der Waals surface area contributed by atoms with Crippen LogP contribution in [0, 0.1) is 11.3 Å². The van der Waals surface area contributed by atoms with Gasteiger partial charge in [0.2, 0.25) is 0 Å². The Hall–Kier alpha value is -0.860. The molecule has 0 aromatic rings. The minimum atomic E-state index is -2.95. The van der Waals surface area contributed by atoms with Crippen molar-refractivity contribution in [3.05, 3.63) is 12.7 Å². The summed E-state index contributed by atoms with van der Waals surface area (Å²) in [5.41, 5.74) is 0. The van der Waals surface area contributed by atoms with Crippen LogP contribution in [0.1, 0.15) is 0 Å². The molecule has 0 aliphatic carbocycles. The average molecular weight is 147 g/mol. The maximum atomic E-state index is 9.74. The molecule has 0 amide bonds. The van der Waals surface area contributed by atoms with Crippen LogP contribution in [0.5, 0.6) is 0 Å². The van der Waals surface area contributed by atoms with Gasteiger partial charge in [0.05, 0.1) is 0 Å². The van der Waals surface area contributed by atoms with Gasteiger partial charge in [0.25, 0.3) is 11.0 Å². The second-order valence-electron chi connectivity index (χ2n) is 1.11. The van der Waals surface area contributed by atoms with E-state index >= 15 is 0 Å². The van der Waals surface area contributed by atoms with Gasteiger partial charge in [-0.2, -0.15) is 5.26 Å². The van der Waals surface area contributed by atoms with Crippen LogP contribution in [0.25, 0.3) is 0 Å². The van der Waals surface area contributed by atoms with Crippen molar-refractivity contribution in [1.82, 2.24) is 0 Å². The Bertz CT molecular complexity index is 194. The first kappa shape index (κ1) is 8.14. The molecule has 0 aliphatic rings. The van der Waals surface area contributed by atoms with E-state index in [0.717, 1.165) is 6.08 Å². The van der Waals surface area contributed by atoms with Gasteiger partial charge < -0.3 is 0 Å². The summed E-state index contributed by atoms with van der Waals surface area (Å²) in [5, 5.41) is 8.06. The lowest BCUT2D eigenvalue weighted by molar-refractivity contribution is 0.320. The van der Waals surface area contributed by atoms with E-state index in [-0.39, 0.29) is 0 Å². The molecule has 0 radical (unpaired) electrons. The third kappa shape index (κ3) is 3.70. The van der Waals surface area contributed by atoms with Crippen LogP contribution in [0.3, 0.4) is 0 Å². The Morgan fingerprint density at radius 2 is 2.33 bits per heavy atom. The van der Waals surface area contributed by atoms with Gasteiger partial charge >= 0.3 is 0 Å². The smallest absolute Gasteiger partial charge is 0.249 e. The van der Waals surface area contributed by atoms with E-state index in [2.05, 4.69) is 10.8 Å². The molecule has 0 fully saturated rings. The molecular formula is C4H5NO3S. The molecule has 0 bridgehead atoms. The molecule has 0 saturated carbocycles. The first-order chi connectivity index (χ1) is 4.20. The topological polar surface area (TPSA) is 67.2 Å². The average Bonchev–Trinajstić information content (AvgIpc) is 1.82. The minimum absolute atomic E-state index is 1.05. The predicted octanol–water partition coefficient (Wildman–Crippen LogP) is -0.392. The van der Waals surface area contributed by atoms with Crippen molar-refractivity contribution in [2.24, 2.45) is 0 Å². The summed E-state index contributed by atoms with van der Waals surface area (Å²) in [5.74, 6) is 0. The van der Waals surface area contributed by atoms with Crippen molar-refractivity contribution in [1.29, 1.82) is 5.26 Å². The lowest BCUT2D eigenvalue weighted by Gasteiger charge is -1.93. The van der Waals surface area contributed by atoms with Gasteiger partial charge in [0, 0.05) is 0 Å². The van der Waals surface area contributed by atoms with Gasteiger partial charge in [-0.15, -0.1) is 0 Å². The van der Waals surface area contributed by atoms with E-state index < -0.39 is 17.1 Å². The molecular weight excluding hydrogens is 142 g/mol. The van der Waals surface area contributed by atoms with Crippen LogP contribution in [0.15, 0.2) is 12.7 Å². The number of rotatable bonds is 3. The fraction of sp³-hybridized carbons (Fsp3) is 0.250. The molecule has 0 saturated heterocycles. The summed E-state index contributed by atoms with van der Waals surface area (Å²) in [6, 6.07) is 1.56. The molecule has 0 heterocycles. The van der Waals surface area contributed by atoms with Crippen molar-refractivity contribution >= 4 is 11.0 Å². The van der Waals surface area contributed by atoms with Crippen LogP contribution >= 0.6 is 0 Å². The van der Waals surface area contributed by atoms with E-state index in [1.54, 1.807) is 6.07 Å². The fourth-order valence-corrected chi connectivity index (χ4v) is 0.531. The first-order valence-electron chi connectivity index (χ1n) is 2.04. The second kappa shape index (κ2) is 4.06. The third-order valence-electron chi connectivity index (χ3n) is 0.541. The van der Waals surface area contributed by atoms with Crippen molar-refractivity contribution in [2.75, 3.05) is 0 Å². The SMILES string of the molecule is C=CC(C#N)O[SH](=O)=O. The maximum absolute atomic E-state index is 9.74. The van der Waals surface area contributed by atoms with Gasteiger partial charge in [0.15, 0.2) is 6.10 Å². The third-order valence-corrected chi connectivity index (χ3v) is 0.940. The molecule has 0 rings (SSSR count). The zero-order chi connectivity index (χ0) is 7.28. The second-order valence-corrected chi connectivity index (χ2v) is 1.77. The Kier molecular flexibility index (Phi) is 3.67. The predicted molar refractivity (Wildman–Crippen MR) is 31.0 cm³/mol. The summed E-state index contributed by atoms with van der Waals surface area (Å²) in [4.78, 5) is 0. The van der Waals surface area contributed by atoms with E-state index in [1.165, 1.54) is 0 Å². The van der Waals surface area contributed by atoms with Crippen LogP contribution < -0.4 is 0 Å². The highest BCUT2D eigenvalue weighted by atomic mass is 32.2. The highest BCUT2D eigenvalue weighted by Crippen LogP contribution is 1.88. The standard InChI is InChI=1S/C4H5NO3S/c1-2-4(3-5)8-9(6)7/h2,4,9H,1H2. The highest BCUT2D eigenvalue weighted by Gasteiger charge is 2.00. The lowest BCUT2D eigenvalue weighted by Crippen LogP contribution is -2.03. The van der Waals surface area contributed by atoms with Crippen LogP contribution in [0.2, 0.25) is 0 Å². The molecule has 0 aromatic heterocycles. The van der Waals surface area contributed by atoms with Gasteiger partial charge in [-0.25, -0.2) is 12.6 Å². The summed E-state index contributed by atoms with van der Waals surface area (Å²) in [7, 11) is -2.95. The Balaban J connectivity index is 3.88. The minimum Gasteiger partial charge on any atom is -0.249 e.